The highest BCUT2D eigenvalue weighted by Gasteiger charge is 2.16. The van der Waals surface area contributed by atoms with E-state index < -0.39 is 0 Å². The first-order chi connectivity index (χ1) is 10.9. The average molecular weight is 318 g/mol. The first-order valence-corrected chi connectivity index (χ1v) is 7.93. The van der Waals surface area contributed by atoms with Crippen LogP contribution in [0.15, 0.2) is 18.2 Å². The fourth-order valence-corrected chi connectivity index (χ4v) is 2.64. The summed E-state index contributed by atoms with van der Waals surface area (Å²) in [6.45, 7) is 8.81. The predicted molar refractivity (Wildman–Crippen MR) is 89.8 cm³/mol. The summed E-state index contributed by atoms with van der Waals surface area (Å²) >= 11 is 0. The Bertz CT molecular complexity index is 555. The van der Waals surface area contributed by atoms with Gasteiger partial charge in [0, 0.05) is 19.0 Å². The first kappa shape index (κ1) is 18.9. The van der Waals surface area contributed by atoms with E-state index in [-0.39, 0.29) is 18.4 Å². The number of hydrogen-bond acceptors (Lipinski definition) is 3. The molecule has 23 heavy (non-hydrogen) atoms. The van der Waals surface area contributed by atoms with Crippen LogP contribution in [0.25, 0.3) is 0 Å². The molecule has 0 aromatic heterocycles. The molecule has 0 saturated heterocycles. The highest BCUT2D eigenvalue weighted by Crippen LogP contribution is 2.23. The summed E-state index contributed by atoms with van der Waals surface area (Å²) in [4.78, 5) is 34.7. The van der Waals surface area contributed by atoms with Gasteiger partial charge in [0.1, 0.15) is 0 Å². The normalized spacial score (nSPS) is 11.9. The summed E-state index contributed by atoms with van der Waals surface area (Å²) in [6.07, 6.45) is 1.94. The Kier molecular flexibility index (Phi) is 7.45. The van der Waals surface area contributed by atoms with Crippen LogP contribution >= 0.6 is 0 Å². The second-order valence-electron chi connectivity index (χ2n) is 6.14. The largest absolute Gasteiger partial charge is 0.338 e. The zero-order valence-electron chi connectivity index (χ0n) is 14.3. The molecule has 0 radical (unpaired) electrons. The molecule has 0 aliphatic rings. The third-order valence-corrected chi connectivity index (χ3v) is 4.17. The number of carbonyl (C=O) groups excluding carboxylic acids is 3. The van der Waals surface area contributed by atoms with E-state index in [4.69, 9.17) is 0 Å². The molecular weight excluding hydrogens is 292 g/mol. The van der Waals surface area contributed by atoms with Gasteiger partial charge in [-0.3, -0.25) is 19.7 Å². The van der Waals surface area contributed by atoms with E-state index in [1.54, 1.807) is 4.90 Å². The van der Waals surface area contributed by atoms with Gasteiger partial charge in [0.2, 0.25) is 18.7 Å². The van der Waals surface area contributed by atoms with Gasteiger partial charge in [-0.25, -0.2) is 0 Å². The maximum Gasteiger partial charge on any atom is 0.226 e. The number of rotatable bonds is 9. The van der Waals surface area contributed by atoms with Crippen molar-refractivity contribution in [2.24, 2.45) is 0 Å². The number of benzene rings is 1. The molecule has 5 nitrogen and oxygen atoms in total. The van der Waals surface area contributed by atoms with Gasteiger partial charge in [-0.05, 0) is 42.9 Å². The molecule has 1 rings (SSSR count). The smallest absolute Gasteiger partial charge is 0.226 e. The zero-order valence-corrected chi connectivity index (χ0v) is 14.3. The lowest BCUT2D eigenvalue weighted by Gasteiger charge is -2.26. The maximum absolute atomic E-state index is 11.4. The minimum Gasteiger partial charge on any atom is -0.338 e. The van der Waals surface area contributed by atoms with Crippen LogP contribution in [0, 0.1) is 6.92 Å². The van der Waals surface area contributed by atoms with Crippen LogP contribution in [0.3, 0.4) is 0 Å². The van der Waals surface area contributed by atoms with Crippen molar-refractivity contribution in [3.8, 4) is 0 Å². The molecule has 3 amide bonds. The fraction of sp³-hybridized carbons (Fsp3) is 0.500. The summed E-state index contributed by atoms with van der Waals surface area (Å²) in [5.74, 6) is 0.111. The summed E-state index contributed by atoms with van der Waals surface area (Å²) in [5.41, 5.74) is 3.61. The van der Waals surface area contributed by atoms with Crippen molar-refractivity contribution in [2.75, 3.05) is 0 Å². The number of carbonyl (C=O) groups is 3. The van der Waals surface area contributed by atoms with Crippen LogP contribution in [0.1, 0.15) is 56.2 Å². The standard InChI is InChI=1S/C18H26N2O3/c1-13(2)17-7-5-6-16(15(17)4)10-20(12-22)14(3)8-9-18(23)19-11-21/h5-7,11-14H,8-10H2,1-4H3,(H,19,21,23). The summed E-state index contributed by atoms with van der Waals surface area (Å²) < 4.78 is 0. The van der Waals surface area contributed by atoms with Crippen LogP contribution in [-0.2, 0) is 20.9 Å². The highest BCUT2D eigenvalue weighted by molar-refractivity contribution is 5.85. The SMILES string of the molecule is Cc1c(CN(C=O)C(C)CCC(=O)NC=O)cccc1C(C)C. The lowest BCUT2D eigenvalue weighted by atomic mass is 9.94. The van der Waals surface area contributed by atoms with Crippen LogP contribution < -0.4 is 5.32 Å². The fourth-order valence-electron chi connectivity index (χ4n) is 2.64. The third kappa shape index (κ3) is 5.51. The number of nitrogens with zero attached hydrogens (tertiary/aromatic N) is 1. The van der Waals surface area contributed by atoms with Crippen molar-refractivity contribution in [1.82, 2.24) is 10.2 Å². The molecule has 1 atom stereocenters. The van der Waals surface area contributed by atoms with Gasteiger partial charge in [-0.1, -0.05) is 32.0 Å². The number of amides is 3. The second kappa shape index (κ2) is 9.08. The molecule has 1 unspecified atom stereocenters. The van der Waals surface area contributed by atoms with Gasteiger partial charge in [0.25, 0.3) is 0 Å². The minimum absolute atomic E-state index is 0.0768. The van der Waals surface area contributed by atoms with Crippen molar-refractivity contribution in [3.05, 3.63) is 34.9 Å². The van der Waals surface area contributed by atoms with Gasteiger partial charge in [0.05, 0.1) is 0 Å². The van der Waals surface area contributed by atoms with Crippen molar-refractivity contribution in [2.45, 2.75) is 59.0 Å². The van der Waals surface area contributed by atoms with Crippen molar-refractivity contribution in [3.63, 3.8) is 0 Å². The Hall–Kier alpha value is -2.17. The molecule has 1 N–H and O–H groups in total. The highest BCUT2D eigenvalue weighted by atomic mass is 16.2. The Labute approximate surface area is 138 Å². The molecule has 0 saturated carbocycles. The van der Waals surface area contributed by atoms with Crippen molar-refractivity contribution < 1.29 is 14.4 Å². The van der Waals surface area contributed by atoms with Crippen molar-refractivity contribution >= 4 is 18.7 Å². The number of hydrogen-bond donors (Lipinski definition) is 1. The zero-order chi connectivity index (χ0) is 17.4. The molecule has 1 aromatic rings. The topological polar surface area (TPSA) is 66.5 Å². The molecular formula is C18H26N2O3. The van der Waals surface area contributed by atoms with Gasteiger partial charge < -0.3 is 4.90 Å². The molecule has 1 aromatic carbocycles. The van der Waals surface area contributed by atoms with Crippen LogP contribution in [0.5, 0.6) is 0 Å². The number of imide groups is 1. The Morgan fingerprint density at radius 1 is 1.26 bits per heavy atom. The summed E-state index contributed by atoms with van der Waals surface area (Å²) in [6, 6.07) is 6.08. The third-order valence-electron chi connectivity index (χ3n) is 4.17. The first-order valence-electron chi connectivity index (χ1n) is 7.93. The van der Waals surface area contributed by atoms with Crippen LogP contribution in [-0.4, -0.2) is 29.7 Å². The van der Waals surface area contributed by atoms with Gasteiger partial charge >= 0.3 is 0 Å². The van der Waals surface area contributed by atoms with Gasteiger partial charge in [-0.2, -0.15) is 0 Å². The quantitative estimate of drug-likeness (QED) is 0.712. The summed E-state index contributed by atoms with van der Waals surface area (Å²) in [7, 11) is 0. The van der Waals surface area contributed by atoms with Crippen LogP contribution in [0.2, 0.25) is 0 Å². The molecule has 126 valence electrons. The van der Waals surface area contributed by atoms with E-state index in [9.17, 15) is 14.4 Å². The van der Waals surface area contributed by atoms with E-state index in [1.807, 2.05) is 19.1 Å². The van der Waals surface area contributed by atoms with Crippen LogP contribution in [0.4, 0.5) is 0 Å². The molecule has 5 heteroatoms. The van der Waals surface area contributed by atoms with E-state index in [1.165, 1.54) is 11.1 Å². The monoisotopic (exact) mass is 318 g/mol. The lowest BCUT2D eigenvalue weighted by Crippen LogP contribution is -2.33. The molecule has 0 spiro atoms. The maximum atomic E-state index is 11.4. The Morgan fingerprint density at radius 3 is 2.52 bits per heavy atom. The van der Waals surface area contributed by atoms with E-state index >= 15 is 0 Å². The molecule has 0 aliphatic heterocycles. The Balaban J connectivity index is 2.76. The van der Waals surface area contributed by atoms with E-state index in [0.29, 0.717) is 25.3 Å². The number of nitrogens with one attached hydrogen (secondary N) is 1. The van der Waals surface area contributed by atoms with Gasteiger partial charge in [-0.15, -0.1) is 0 Å². The van der Waals surface area contributed by atoms with Gasteiger partial charge in [0.15, 0.2) is 0 Å². The van der Waals surface area contributed by atoms with E-state index in [2.05, 4.69) is 32.2 Å². The predicted octanol–water partition coefficient (Wildman–Crippen LogP) is 2.52. The minimum atomic E-state index is -0.323. The summed E-state index contributed by atoms with van der Waals surface area (Å²) in [5, 5.41) is 2.11. The molecule has 0 bridgehead atoms. The second-order valence-corrected chi connectivity index (χ2v) is 6.14. The molecule has 0 fully saturated rings. The molecule has 0 heterocycles. The molecule has 0 aliphatic carbocycles. The lowest BCUT2D eigenvalue weighted by molar-refractivity contribution is -0.126. The average Bonchev–Trinajstić information content (AvgIpc) is 2.51. The Morgan fingerprint density at radius 2 is 1.96 bits per heavy atom. The van der Waals surface area contributed by atoms with E-state index in [0.717, 1.165) is 12.0 Å². The van der Waals surface area contributed by atoms with Crippen molar-refractivity contribution in [1.29, 1.82) is 0 Å².